The Bertz CT molecular complexity index is 888. The molecular weight excluding hydrogens is 354 g/mol. The Balaban J connectivity index is 1.62. The van der Waals surface area contributed by atoms with Crippen LogP contribution in [-0.4, -0.2) is 43.0 Å². The maximum atomic E-state index is 13.0. The summed E-state index contributed by atoms with van der Waals surface area (Å²) >= 11 is 1.81. The molecular formula is C22H26N3OS+. The van der Waals surface area contributed by atoms with Crippen LogP contribution in [-0.2, 0) is 4.79 Å². The first-order valence-corrected chi connectivity index (χ1v) is 10.4. The predicted octanol–water partition coefficient (Wildman–Crippen LogP) is 2.89. The summed E-state index contributed by atoms with van der Waals surface area (Å²) in [4.78, 5) is 21.0. The van der Waals surface area contributed by atoms with Crippen molar-refractivity contribution in [1.82, 2.24) is 9.88 Å². The first-order valence-electron chi connectivity index (χ1n) is 9.59. The lowest BCUT2D eigenvalue weighted by molar-refractivity contribution is -0.928. The third-order valence-electron chi connectivity index (χ3n) is 5.45. The molecule has 5 heteroatoms. The Morgan fingerprint density at radius 2 is 1.89 bits per heavy atom. The van der Waals surface area contributed by atoms with E-state index in [0.717, 1.165) is 37.0 Å². The summed E-state index contributed by atoms with van der Waals surface area (Å²) in [5, 5.41) is 1.22. The highest BCUT2D eigenvalue weighted by atomic mass is 32.1. The minimum atomic E-state index is -0.140. The van der Waals surface area contributed by atoms with Gasteiger partial charge in [-0.05, 0) is 25.0 Å². The SMILES string of the molecule is CN(C)C(=O)[C@@H](c1ccccc1)[NH+]1CCC[C@H](c2nc3ccccc3s2)C1. The maximum Gasteiger partial charge on any atom is 0.285 e. The van der Waals surface area contributed by atoms with Crippen molar-refractivity contribution in [3.63, 3.8) is 0 Å². The molecule has 1 N–H and O–H groups in total. The van der Waals surface area contributed by atoms with E-state index in [1.54, 1.807) is 4.90 Å². The molecule has 1 aliphatic rings. The van der Waals surface area contributed by atoms with E-state index < -0.39 is 0 Å². The number of hydrogen-bond donors (Lipinski definition) is 1. The maximum absolute atomic E-state index is 13.0. The number of nitrogens with zero attached hydrogens (tertiary/aromatic N) is 2. The highest BCUT2D eigenvalue weighted by Crippen LogP contribution is 2.30. The second-order valence-electron chi connectivity index (χ2n) is 7.55. The van der Waals surface area contributed by atoms with Gasteiger partial charge in [-0.2, -0.15) is 0 Å². The molecule has 0 spiro atoms. The van der Waals surface area contributed by atoms with E-state index >= 15 is 0 Å². The quantitative estimate of drug-likeness (QED) is 0.756. The Hall–Kier alpha value is -2.24. The number of amides is 1. The minimum absolute atomic E-state index is 0.140. The van der Waals surface area contributed by atoms with Crippen molar-refractivity contribution in [3.05, 3.63) is 65.2 Å². The molecule has 2 aromatic carbocycles. The number of hydrogen-bond acceptors (Lipinski definition) is 3. The largest absolute Gasteiger partial charge is 0.343 e. The Morgan fingerprint density at radius 3 is 2.63 bits per heavy atom. The second-order valence-corrected chi connectivity index (χ2v) is 8.61. The van der Waals surface area contributed by atoms with Gasteiger partial charge in [-0.1, -0.05) is 42.5 Å². The van der Waals surface area contributed by atoms with Crippen molar-refractivity contribution < 1.29 is 9.69 Å². The number of benzene rings is 2. The van der Waals surface area contributed by atoms with Gasteiger partial charge in [-0.25, -0.2) is 4.98 Å². The lowest BCUT2D eigenvalue weighted by atomic mass is 9.94. The first kappa shape index (κ1) is 18.1. The average Bonchev–Trinajstić information content (AvgIpc) is 3.13. The molecule has 3 aromatic rings. The van der Waals surface area contributed by atoms with Gasteiger partial charge < -0.3 is 9.80 Å². The Labute approximate surface area is 164 Å². The topological polar surface area (TPSA) is 37.6 Å². The zero-order chi connectivity index (χ0) is 18.8. The van der Waals surface area contributed by atoms with Gasteiger partial charge in [0.25, 0.3) is 5.91 Å². The number of likely N-dealkylation sites (tertiary alicyclic amines) is 1. The summed E-state index contributed by atoms with van der Waals surface area (Å²) in [6.07, 6.45) is 2.28. The molecule has 0 saturated carbocycles. The molecule has 4 nitrogen and oxygen atoms in total. The lowest BCUT2D eigenvalue weighted by Crippen LogP contribution is -3.14. The minimum Gasteiger partial charge on any atom is -0.343 e. The number of carbonyl (C=O) groups excluding carboxylic acids is 1. The lowest BCUT2D eigenvalue weighted by Gasteiger charge is -2.35. The predicted molar refractivity (Wildman–Crippen MR) is 110 cm³/mol. The summed E-state index contributed by atoms with van der Waals surface area (Å²) in [6, 6.07) is 18.4. The average molecular weight is 381 g/mol. The van der Waals surface area contributed by atoms with Crippen LogP contribution in [0.2, 0.25) is 0 Å². The van der Waals surface area contributed by atoms with Gasteiger partial charge >= 0.3 is 0 Å². The monoisotopic (exact) mass is 380 g/mol. The molecule has 1 unspecified atom stereocenters. The number of fused-ring (bicyclic) bond motifs is 1. The number of para-hydroxylation sites is 1. The summed E-state index contributed by atoms with van der Waals surface area (Å²) in [6.45, 7) is 1.99. The molecule has 3 atom stereocenters. The van der Waals surface area contributed by atoms with E-state index in [1.165, 1.54) is 14.6 Å². The van der Waals surface area contributed by atoms with Crippen LogP contribution in [0.15, 0.2) is 54.6 Å². The molecule has 1 saturated heterocycles. The van der Waals surface area contributed by atoms with Crippen LogP contribution in [0.25, 0.3) is 10.2 Å². The van der Waals surface area contributed by atoms with Crippen LogP contribution in [0, 0.1) is 0 Å². The zero-order valence-corrected chi connectivity index (χ0v) is 16.7. The van der Waals surface area contributed by atoms with Crippen LogP contribution in [0.1, 0.15) is 35.4 Å². The van der Waals surface area contributed by atoms with Crippen LogP contribution < -0.4 is 4.90 Å². The molecule has 1 fully saturated rings. The summed E-state index contributed by atoms with van der Waals surface area (Å²) < 4.78 is 1.25. The number of nitrogens with one attached hydrogen (secondary N) is 1. The van der Waals surface area contributed by atoms with Gasteiger partial charge in [0.2, 0.25) is 0 Å². The molecule has 1 amide bonds. The van der Waals surface area contributed by atoms with Crippen molar-refractivity contribution in [2.45, 2.75) is 24.8 Å². The van der Waals surface area contributed by atoms with Crippen molar-refractivity contribution in [2.24, 2.45) is 0 Å². The third-order valence-corrected chi connectivity index (χ3v) is 6.65. The zero-order valence-electron chi connectivity index (χ0n) is 15.9. The fourth-order valence-electron chi connectivity index (χ4n) is 4.09. The molecule has 0 bridgehead atoms. The molecule has 1 aliphatic heterocycles. The Morgan fingerprint density at radius 1 is 1.15 bits per heavy atom. The fraction of sp³-hybridized carbons (Fsp3) is 0.364. The number of piperidine rings is 1. The first-order chi connectivity index (χ1) is 13.1. The molecule has 140 valence electrons. The summed E-state index contributed by atoms with van der Waals surface area (Å²) in [5.41, 5.74) is 2.20. The van der Waals surface area contributed by atoms with E-state index in [4.69, 9.17) is 4.98 Å². The Kier molecular flexibility index (Phi) is 5.23. The van der Waals surface area contributed by atoms with E-state index in [9.17, 15) is 4.79 Å². The standard InChI is InChI=1S/C22H25N3OS/c1-24(2)22(26)20(16-9-4-3-5-10-16)25-14-8-11-17(15-25)21-23-18-12-6-7-13-19(18)27-21/h3-7,9-10,12-13,17,20H,8,11,14-15H2,1-2H3/p+1/t17-,20+/m0/s1. The molecule has 0 radical (unpaired) electrons. The molecule has 0 aliphatic carbocycles. The van der Waals surface area contributed by atoms with Gasteiger partial charge in [-0.15, -0.1) is 11.3 Å². The van der Waals surface area contributed by atoms with Crippen LogP contribution in [0.4, 0.5) is 0 Å². The van der Waals surface area contributed by atoms with Gasteiger partial charge in [0.05, 0.1) is 29.2 Å². The summed E-state index contributed by atoms with van der Waals surface area (Å²) in [5.74, 6) is 0.605. The van der Waals surface area contributed by atoms with Gasteiger partial charge in [0, 0.05) is 19.7 Å². The fourth-order valence-corrected chi connectivity index (χ4v) is 5.19. The molecule has 4 rings (SSSR count). The number of quaternary nitrogens is 1. The highest BCUT2D eigenvalue weighted by Gasteiger charge is 2.37. The number of thiazole rings is 1. The number of rotatable bonds is 4. The van der Waals surface area contributed by atoms with Crippen molar-refractivity contribution in [2.75, 3.05) is 27.2 Å². The van der Waals surface area contributed by atoms with E-state index in [0.29, 0.717) is 5.92 Å². The van der Waals surface area contributed by atoms with Gasteiger partial charge in [0.15, 0.2) is 6.04 Å². The molecule has 2 heterocycles. The van der Waals surface area contributed by atoms with Gasteiger partial charge in [-0.3, -0.25) is 4.79 Å². The number of likely N-dealkylation sites (N-methyl/N-ethyl adjacent to an activating group) is 1. The van der Waals surface area contributed by atoms with Crippen LogP contribution in [0.5, 0.6) is 0 Å². The highest BCUT2D eigenvalue weighted by molar-refractivity contribution is 7.18. The number of carbonyl (C=O) groups is 1. The van der Waals surface area contributed by atoms with Crippen LogP contribution in [0.3, 0.4) is 0 Å². The molecule has 1 aromatic heterocycles. The second kappa shape index (κ2) is 7.79. The van der Waals surface area contributed by atoms with Gasteiger partial charge in [0.1, 0.15) is 5.01 Å². The van der Waals surface area contributed by atoms with Crippen molar-refractivity contribution >= 4 is 27.5 Å². The van der Waals surface area contributed by atoms with E-state index in [2.05, 4.69) is 30.3 Å². The summed E-state index contributed by atoms with van der Waals surface area (Å²) in [7, 11) is 3.71. The van der Waals surface area contributed by atoms with E-state index in [1.807, 2.05) is 49.7 Å². The van der Waals surface area contributed by atoms with Crippen LogP contribution >= 0.6 is 11.3 Å². The molecule has 27 heavy (non-hydrogen) atoms. The van der Waals surface area contributed by atoms with Crippen molar-refractivity contribution in [3.8, 4) is 0 Å². The van der Waals surface area contributed by atoms with Crippen molar-refractivity contribution in [1.29, 1.82) is 0 Å². The smallest absolute Gasteiger partial charge is 0.285 e. The number of aromatic nitrogens is 1. The van der Waals surface area contributed by atoms with E-state index in [-0.39, 0.29) is 11.9 Å². The normalized spacial score (nSPS) is 21.1. The third kappa shape index (κ3) is 3.75.